The standard InChI is InChI=1S/C35H34N4O5/c40-34-32(33(35(41)42)36-39(34)30-6-2-1-3-7-30)9-5-4-8-31(26-10-14-28(15-11-26)37-18-22-43-23-19-37)27-12-16-29(17-13-27)38-20-24-44-25-21-38/h1-17H,18-25H2,(H,41,42)/b5-4+,32-9-. The number of nitrogens with zero attached hydrogens (tertiary/aromatic N) is 4. The first-order valence-corrected chi connectivity index (χ1v) is 14.8. The number of carbonyl (C=O) groups is 2. The molecule has 0 unspecified atom stereocenters. The third-order valence-electron chi connectivity index (χ3n) is 7.83. The van der Waals surface area contributed by atoms with E-state index in [1.165, 1.54) is 6.08 Å². The number of anilines is 3. The fraction of sp³-hybridized carbons (Fsp3) is 0.229. The minimum Gasteiger partial charge on any atom is -0.476 e. The number of hydrogen-bond acceptors (Lipinski definition) is 7. The number of benzene rings is 3. The number of morpholine rings is 2. The number of hydrogen-bond donors (Lipinski definition) is 1. The average Bonchev–Trinajstić information content (AvgIpc) is 3.42. The lowest BCUT2D eigenvalue weighted by Crippen LogP contribution is -2.36. The summed E-state index contributed by atoms with van der Waals surface area (Å²) in [6, 6.07) is 25.8. The lowest BCUT2D eigenvalue weighted by atomic mass is 9.96. The number of rotatable bonds is 8. The van der Waals surface area contributed by atoms with Crippen molar-refractivity contribution in [3.8, 4) is 0 Å². The van der Waals surface area contributed by atoms with Gasteiger partial charge in [-0.15, -0.1) is 0 Å². The van der Waals surface area contributed by atoms with Crippen LogP contribution in [-0.4, -0.2) is 75.3 Å². The molecule has 0 aromatic heterocycles. The molecule has 0 aliphatic carbocycles. The van der Waals surface area contributed by atoms with E-state index >= 15 is 0 Å². The van der Waals surface area contributed by atoms with Gasteiger partial charge in [0.2, 0.25) is 0 Å². The van der Waals surface area contributed by atoms with E-state index in [2.05, 4.69) is 63.4 Å². The Morgan fingerprint density at radius 1 is 0.705 bits per heavy atom. The molecule has 224 valence electrons. The molecule has 0 spiro atoms. The van der Waals surface area contributed by atoms with Crippen LogP contribution in [0.1, 0.15) is 11.1 Å². The predicted octanol–water partition coefficient (Wildman–Crippen LogP) is 4.76. The number of carbonyl (C=O) groups excluding carboxylic acids is 1. The summed E-state index contributed by atoms with van der Waals surface area (Å²) in [6.45, 7) is 6.36. The highest BCUT2D eigenvalue weighted by atomic mass is 16.5. The van der Waals surface area contributed by atoms with Gasteiger partial charge in [-0.05, 0) is 59.2 Å². The maximum atomic E-state index is 13.1. The van der Waals surface area contributed by atoms with E-state index in [-0.39, 0.29) is 11.3 Å². The van der Waals surface area contributed by atoms with Crippen molar-refractivity contribution in [2.24, 2.45) is 5.10 Å². The van der Waals surface area contributed by atoms with Crippen molar-refractivity contribution in [1.82, 2.24) is 0 Å². The summed E-state index contributed by atoms with van der Waals surface area (Å²) in [4.78, 5) is 29.7. The normalized spacial score (nSPS) is 18.2. The number of carboxylic acid groups (broad SMARTS) is 1. The van der Waals surface area contributed by atoms with E-state index in [1.54, 1.807) is 30.3 Å². The van der Waals surface area contributed by atoms with Gasteiger partial charge in [0.05, 0.1) is 37.7 Å². The average molecular weight is 591 g/mol. The van der Waals surface area contributed by atoms with E-state index in [1.807, 2.05) is 18.2 Å². The first-order chi connectivity index (χ1) is 21.6. The molecule has 0 atom stereocenters. The van der Waals surface area contributed by atoms with Crippen LogP contribution in [0.2, 0.25) is 0 Å². The summed E-state index contributed by atoms with van der Waals surface area (Å²) >= 11 is 0. The molecule has 2 fully saturated rings. The quantitative estimate of drug-likeness (QED) is 0.299. The van der Waals surface area contributed by atoms with Gasteiger partial charge in [0.15, 0.2) is 5.71 Å². The maximum Gasteiger partial charge on any atom is 0.357 e. The van der Waals surface area contributed by atoms with Gasteiger partial charge in [-0.3, -0.25) is 4.79 Å². The molecule has 0 bridgehead atoms. The largest absolute Gasteiger partial charge is 0.476 e. The molecule has 0 radical (unpaired) electrons. The highest BCUT2D eigenvalue weighted by molar-refractivity contribution is 6.52. The smallest absolute Gasteiger partial charge is 0.357 e. The molecule has 3 aliphatic rings. The maximum absolute atomic E-state index is 13.1. The Balaban J connectivity index is 1.29. The number of allylic oxidation sites excluding steroid dienone is 4. The molecule has 44 heavy (non-hydrogen) atoms. The molecule has 3 aromatic carbocycles. The van der Waals surface area contributed by atoms with Gasteiger partial charge in [-0.2, -0.15) is 10.1 Å². The van der Waals surface area contributed by atoms with Crippen LogP contribution in [0, 0.1) is 0 Å². The monoisotopic (exact) mass is 590 g/mol. The lowest BCUT2D eigenvalue weighted by Gasteiger charge is -2.29. The zero-order valence-electron chi connectivity index (χ0n) is 24.3. The van der Waals surface area contributed by atoms with Crippen molar-refractivity contribution < 1.29 is 24.2 Å². The van der Waals surface area contributed by atoms with Crippen LogP contribution < -0.4 is 14.8 Å². The van der Waals surface area contributed by atoms with E-state index in [0.717, 1.165) is 85.7 Å². The van der Waals surface area contributed by atoms with Gasteiger partial charge >= 0.3 is 5.97 Å². The molecule has 1 amide bonds. The third kappa shape index (κ3) is 6.49. The van der Waals surface area contributed by atoms with Crippen LogP contribution in [-0.2, 0) is 19.1 Å². The van der Waals surface area contributed by atoms with Gasteiger partial charge < -0.3 is 24.4 Å². The Morgan fingerprint density at radius 2 is 1.23 bits per heavy atom. The van der Waals surface area contributed by atoms with E-state index in [0.29, 0.717) is 5.69 Å². The molecular weight excluding hydrogens is 556 g/mol. The minimum atomic E-state index is -1.26. The van der Waals surface area contributed by atoms with Crippen molar-refractivity contribution in [2.75, 3.05) is 67.4 Å². The predicted molar refractivity (Wildman–Crippen MR) is 172 cm³/mol. The molecule has 6 rings (SSSR count). The van der Waals surface area contributed by atoms with Crippen LogP contribution in [0.5, 0.6) is 0 Å². The Morgan fingerprint density at radius 3 is 1.73 bits per heavy atom. The summed E-state index contributed by atoms with van der Waals surface area (Å²) in [5, 5.41) is 14.9. The first kappa shape index (κ1) is 29.1. The summed E-state index contributed by atoms with van der Waals surface area (Å²) in [5.74, 6) is -1.74. The zero-order chi connectivity index (χ0) is 30.3. The molecule has 9 heteroatoms. The molecule has 0 saturated carbocycles. The Kier molecular flexibility index (Phi) is 8.95. The second-order valence-corrected chi connectivity index (χ2v) is 10.5. The molecule has 3 aliphatic heterocycles. The van der Waals surface area contributed by atoms with Crippen LogP contribution in [0.25, 0.3) is 5.57 Å². The molecular formula is C35H34N4O5. The number of hydrazone groups is 1. The summed E-state index contributed by atoms with van der Waals surface area (Å²) in [5.41, 5.74) is 5.63. The van der Waals surface area contributed by atoms with Crippen molar-refractivity contribution in [3.63, 3.8) is 0 Å². The highest BCUT2D eigenvalue weighted by Crippen LogP contribution is 2.29. The summed E-state index contributed by atoms with van der Waals surface area (Å²) in [6.07, 6.45) is 7.00. The molecule has 1 N–H and O–H groups in total. The molecule has 9 nitrogen and oxygen atoms in total. The van der Waals surface area contributed by atoms with Gasteiger partial charge in [-0.1, -0.05) is 60.7 Å². The zero-order valence-corrected chi connectivity index (χ0v) is 24.3. The Hall–Kier alpha value is -4.99. The third-order valence-corrected chi connectivity index (χ3v) is 7.83. The van der Waals surface area contributed by atoms with Crippen molar-refractivity contribution in [3.05, 3.63) is 120 Å². The Bertz CT molecular complexity index is 1540. The van der Waals surface area contributed by atoms with Gasteiger partial charge in [-0.25, -0.2) is 4.79 Å². The van der Waals surface area contributed by atoms with Crippen LogP contribution >= 0.6 is 0 Å². The minimum absolute atomic E-state index is 0.0253. The molecule has 3 aromatic rings. The topological polar surface area (TPSA) is 94.9 Å². The van der Waals surface area contributed by atoms with E-state index in [4.69, 9.17) is 9.47 Å². The molecule has 2 saturated heterocycles. The van der Waals surface area contributed by atoms with Gasteiger partial charge in [0.25, 0.3) is 5.91 Å². The number of amides is 1. The second-order valence-electron chi connectivity index (χ2n) is 10.5. The van der Waals surface area contributed by atoms with Gasteiger partial charge in [0.1, 0.15) is 0 Å². The molecule has 3 heterocycles. The van der Waals surface area contributed by atoms with Crippen molar-refractivity contribution >= 4 is 40.2 Å². The highest BCUT2D eigenvalue weighted by Gasteiger charge is 2.34. The number of ether oxygens (including phenoxy) is 2. The first-order valence-electron chi connectivity index (χ1n) is 14.8. The van der Waals surface area contributed by atoms with E-state index < -0.39 is 11.9 Å². The summed E-state index contributed by atoms with van der Waals surface area (Å²) in [7, 11) is 0. The fourth-order valence-electron chi connectivity index (χ4n) is 5.48. The lowest BCUT2D eigenvalue weighted by molar-refractivity contribution is -0.129. The van der Waals surface area contributed by atoms with Crippen LogP contribution in [0.15, 0.2) is 114 Å². The second kappa shape index (κ2) is 13.5. The van der Waals surface area contributed by atoms with E-state index in [9.17, 15) is 14.7 Å². The fourth-order valence-corrected chi connectivity index (χ4v) is 5.48. The van der Waals surface area contributed by atoms with Crippen LogP contribution in [0.4, 0.5) is 17.1 Å². The number of para-hydroxylation sites is 1. The van der Waals surface area contributed by atoms with Crippen molar-refractivity contribution in [2.45, 2.75) is 0 Å². The number of aliphatic carboxylic acids is 1. The summed E-state index contributed by atoms with van der Waals surface area (Å²) < 4.78 is 11.0. The van der Waals surface area contributed by atoms with Gasteiger partial charge in [0, 0.05) is 37.6 Å². The SMILES string of the molecule is O=C(O)C1=NN(c2ccccc2)C(=O)/C1=C\C=C\C=C(c1ccc(N2CCOCC2)cc1)c1ccc(N2CCOCC2)cc1. The Labute approximate surface area is 256 Å². The van der Waals surface area contributed by atoms with Crippen molar-refractivity contribution in [1.29, 1.82) is 0 Å². The van der Waals surface area contributed by atoms with Crippen LogP contribution in [0.3, 0.4) is 0 Å². The number of carboxylic acids is 1.